The van der Waals surface area contributed by atoms with Crippen molar-refractivity contribution in [2.45, 2.75) is 18.9 Å². The lowest BCUT2D eigenvalue weighted by Crippen LogP contribution is -2.07. The highest BCUT2D eigenvalue weighted by atomic mass is 35.5. The Balaban J connectivity index is 3.14. The maximum Gasteiger partial charge on any atom is 0.351 e. The van der Waals surface area contributed by atoms with Gasteiger partial charge in [0.1, 0.15) is 0 Å². The number of rotatable bonds is 2. The van der Waals surface area contributed by atoms with Gasteiger partial charge < -0.3 is 0 Å². The first-order valence-electron chi connectivity index (χ1n) is 2.46. The van der Waals surface area contributed by atoms with Gasteiger partial charge in [-0.05, 0) is 5.44 Å². The molecule has 4 heteroatoms. The zero-order valence-electron chi connectivity index (χ0n) is 4.62. The van der Waals surface area contributed by atoms with Crippen LogP contribution in [0.15, 0.2) is 0 Å². The minimum Gasteiger partial charge on any atom is -0.172 e. The molecule has 0 aromatic carbocycles. The Bertz CT molecular complexity index is 50.2. The molecular weight excluding hydrogens is 146 g/mol. The predicted molar refractivity (Wildman–Crippen MR) is 41.3 cm³/mol. The summed E-state index contributed by atoms with van der Waals surface area (Å²) in [6.07, 6.45) is 0. The van der Waals surface area contributed by atoms with Gasteiger partial charge in [0.15, 0.2) is 0 Å². The van der Waals surface area contributed by atoms with E-state index in [0.717, 1.165) is 0 Å². The highest BCUT2D eigenvalue weighted by Crippen LogP contribution is 2.13. The second-order valence-corrected chi connectivity index (χ2v) is 4.99. The third kappa shape index (κ3) is 3.44. The van der Waals surface area contributed by atoms with E-state index in [1.165, 1.54) is 0 Å². The van der Waals surface area contributed by atoms with Crippen molar-refractivity contribution < 1.29 is 0 Å². The maximum atomic E-state index is 5.53. The lowest BCUT2D eigenvalue weighted by atomic mass is 10.0. The summed E-state index contributed by atoms with van der Waals surface area (Å²) in [6, 6.07) is 0. The largest absolute Gasteiger partial charge is 0.351 e. The molecule has 0 N–H and O–H groups in total. The summed E-state index contributed by atoms with van der Waals surface area (Å²) in [5.41, 5.74) is 0.444. The summed E-state index contributed by atoms with van der Waals surface area (Å²) in [7, 11) is 0.0270. The minimum absolute atomic E-state index is 0.0270. The molecule has 0 spiro atoms. The molecule has 1 unspecified atom stereocenters. The van der Waals surface area contributed by atoms with Crippen LogP contribution in [-0.2, 0) is 0 Å². The Hall–Kier alpha value is 0.862. The van der Waals surface area contributed by atoms with Crippen molar-refractivity contribution in [2.24, 2.45) is 0 Å². The molecule has 0 amide bonds. The second-order valence-electron chi connectivity index (χ2n) is 1.72. The minimum atomic E-state index is -0.128. The number of halogens is 2. The second kappa shape index (κ2) is 3.81. The van der Waals surface area contributed by atoms with Crippen LogP contribution < -0.4 is 0 Å². The lowest BCUT2D eigenvalue weighted by molar-refractivity contribution is 1.32. The summed E-state index contributed by atoms with van der Waals surface area (Å²) in [5.74, 6) is 0. The van der Waals surface area contributed by atoms with Crippen molar-refractivity contribution in [3.8, 4) is 0 Å². The molecule has 42 valence electrons. The summed E-state index contributed by atoms with van der Waals surface area (Å²) >= 11 is 11.1. The first kappa shape index (κ1) is 7.86. The van der Waals surface area contributed by atoms with Gasteiger partial charge in [-0.2, -0.15) is 22.9 Å². The monoisotopic (exact) mass is 154 g/mol. The Morgan fingerprint density at radius 3 is 2.00 bits per heavy atom. The normalized spacial score (nSPS) is 15.4. The van der Waals surface area contributed by atoms with Crippen LogP contribution in [0.1, 0.15) is 6.92 Å². The van der Waals surface area contributed by atoms with Gasteiger partial charge in [-0.15, -0.1) is 0 Å². The molecule has 7 heavy (non-hydrogen) atoms. The molecule has 0 fully saturated rings. The standard InChI is InChI=1S/C3H9BCl2Si/c1-3(7-2)4(5)6/h3H,7H2,1-2H3. The fraction of sp³-hybridized carbons (Fsp3) is 1.00. The predicted octanol–water partition coefficient (Wildman–Crippen LogP) is 1.52. The molecule has 0 bridgehead atoms. The SMILES string of the molecule is C[SiH2]C(C)B(Cl)Cl. The highest BCUT2D eigenvalue weighted by Gasteiger charge is 2.13. The first-order chi connectivity index (χ1) is 3.18. The van der Waals surface area contributed by atoms with E-state index in [0.29, 0.717) is 5.44 Å². The van der Waals surface area contributed by atoms with Crippen LogP contribution >= 0.6 is 22.9 Å². The van der Waals surface area contributed by atoms with Crippen molar-refractivity contribution >= 4 is 38.0 Å². The summed E-state index contributed by atoms with van der Waals surface area (Å²) < 4.78 is 0. The van der Waals surface area contributed by atoms with Gasteiger partial charge in [-0.1, -0.05) is 13.5 Å². The van der Waals surface area contributed by atoms with E-state index in [1.54, 1.807) is 0 Å². The third-order valence-electron chi connectivity index (χ3n) is 1.07. The molecule has 0 rings (SSSR count). The van der Waals surface area contributed by atoms with Crippen LogP contribution in [0, 0.1) is 0 Å². The van der Waals surface area contributed by atoms with Gasteiger partial charge in [0.2, 0.25) is 0 Å². The van der Waals surface area contributed by atoms with E-state index >= 15 is 0 Å². The Kier molecular flexibility index (Phi) is 4.28. The maximum absolute atomic E-state index is 5.53. The highest BCUT2D eigenvalue weighted by molar-refractivity contribution is 7.36. The third-order valence-corrected chi connectivity index (χ3v) is 4.29. The van der Waals surface area contributed by atoms with Gasteiger partial charge in [-0.3, -0.25) is 0 Å². The summed E-state index contributed by atoms with van der Waals surface area (Å²) in [5, 5.41) is 0. The average molecular weight is 155 g/mol. The Morgan fingerprint density at radius 2 is 2.00 bits per heavy atom. The summed E-state index contributed by atoms with van der Waals surface area (Å²) in [4.78, 5) is 0. The molecular formula is C3H9BCl2Si. The van der Waals surface area contributed by atoms with E-state index in [1.807, 2.05) is 0 Å². The van der Waals surface area contributed by atoms with Crippen molar-refractivity contribution in [1.82, 2.24) is 0 Å². The van der Waals surface area contributed by atoms with E-state index in [4.69, 9.17) is 22.9 Å². The lowest BCUT2D eigenvalue weighted by Gasteiger charge is -2.01. The summed E-state index contributed by atoms with van der Waals surface area (Å²) in [6.45, 7) is 4.30. The Morgan fingerprint density at radius 1 is 1.57 bits per heavy atom. The molecule has 0 saturated carbocycles. The van der Waals surface area contributed by atoms with Crippen molar-refractivity contribution in [1.29, 1.82) is 0 Å². The van der Waals surface area contributed by atoms with Gasteiger partial charge in [0, 0.05) is 9.52 Å². The van der Waals surface area contributed by atoms with E-state index in [2.05, 4.69) is 13.5 Å². The molecule has 0 aliphatic carbocycles. The van der Waals surface area contributed by atoms with Gasteiger partial charge in [0.25, 0.3) is 0 Å². The van der Waals surface area contributed by atoms with E-state index < -0.39 is 0 Å². The molecule has 0 nitrogen and oxygen atoms in total. The zero-order valence-corrected chi connectivity index (χ0v) is 7.54. The molecule has 0 aliphatic rings. The smallest absolute Gasteiger partial charge is 0.172 e. The molecule has 0 aromatic heterocycles. The Labute approximate surface area is 57.3 Å². The van der Waals surface area contributed by atoms with Crippen molar-refractivity contribution in [3.63, 3.8) is 0 Å². The van der Waals surface area contributed by atoms with Crippen molar-refractivity contribution in [2.75, 3.05) is 0 Å². The van der Waals surface area contributed by atoms with E-state index in [-0.39, 0.29) is 15.1 Å². The molecule has 0 heterocycles. The quantitative estimate of drug-likeness (QED) is 0.530. The van der Waals surface area contributed by atoms with E-state index in [9.17, 15) is 0 Å². The van der Waals surface area contributed by atoms with Crippen LogP contribution in [0.5, 0.6) is 0 Å². The van der Waals surface area contributed by atoms with Crippen LogP contribution in [0.25, 0.3) is 0 Å². The number of hydrogen-bond donors (Lipinski definition) is 0. The molecule has 0 aromatic rings. The van der Waals surface area contributed by atoms with Gasteiger partial charge in [-0.25, -0.2) is 0 Å². The van der Waals surface area contributed by atoms with Gasteiger partial charge in [0.05, 0.1) is 0 Å². The van der Waals surface area contributed by atoms with Crippen LogP contribution in [-0.4, -0.2) is 15.1 Å². The topological polar surface area (TPSA) is 0 Å². The van der Waals surface area contributed by atoms with Crippen LogP contribution in [0.4, 0.5) is 0 Å². The molecule has 0 radical (unpaired) electrons. The number of hydrogen-bond acceptors (Lipinski definition) is 0. The van der Waals surface area contributed by atoms with Crippen molar-refractivity contribution in [3.05, 3.63) is 0 Å². The average Bonchev–Trinajstić information content (AvgIpc) is 1.65. The molecule has 1 atom stereocenters. The van der Waals surface area contributed by atoms with Crippen LogP contribution in [0.3, 0.4) is 0 Å². The fourth-order valence-corrected chi connectivity index (χ4v) is 1.60. The van der Waals surface area contributed by atoms with Crippen LogP contribution in [0.2, 0.25) is 12.0 Å². The molecule has 0 aliphatic heterocycles. The fourth-order valence-electron chi connectivity index (χ4n) is 0.178. The zero-order chi connectivity index (χ0) is 5.86. The van der Waals surface area contributed by atoms with Gasteiger partial charge >= 0.3 is 5.54 Å². The molecule has 0 saturated heterocycles. The first-order valence-corrected chi connectivity index (χ1v) is 5.57.